The number of hydrogen-bond donors (Lipinski definition) is 1. The molecule has 0 aliphatic carbocycles. The number of ether oxygens (including phenoxy) is 1. The molecule has 0 spiro atoms. The van der Waals surface area contributed by atoms with Crippen molar-refractivity contribution in [3.05, 3.63) is 52.7 Å². The highest BCUT2D eigenvalue weighted by Gasteiger charge is 2.32. The molecule has 2 N–H and O–H groups in total. The monoisotopic (exact) mass is 382 g/mol. The fraction of sp³-hybridized carbons (Fsp3) is 0.111. The first kappa shape index (κ1) is 17.0. The predicted octanol–water partition coefficient (Wildman–Crippen LogP) is 1.76. The summed E-state index contributed by atoms with van der Waals surface area (Å²) in [5, 5.41) is 16.6. The van der Waals surface area contributed by atoms with E-state index in [1.807, 2.05) is 19.1 Å². The van der Waals surface area contributed by atoms with Crippen molar-refractivity contribution in [2.24, 2.45) is 0 Å². The molecule has 4 rings (SSSR count). The van der Waals surface area contributed by atoms with Crippen molar-refractivity contribution in [2.45, 2.75) is 6.92 Å². The van der Waals surface area contributed by atoms with Gasteiger partial charge in [0, 0.05) is 23.2 Å². The van der Waals surface area contributed by atoms with Gasteiger partial charge in [-0.05, 0) is 35.9 Å². The molecule has 0 bridgehead atoms. The van der Waals surface area contributed by atoms with Crippen LogP contribution in [0.25, 0.3) is 15.9 Å². The smallest absolute Gasteiger partial charge is 0.312 e. The van der Waals surface area contributed by atoms with Gasteiger partial charge in [0.05, 0.1) is 18.1 Å². The lowest BCUT2D eigenvalue weighted by molar-refractivity contribution is -0.672. The minimum absolute atomic E-state index is 0.227. The van der Waals surface area contributed by atoms with Gasteiger partial charge in [0.2, 0.25) is 5.69 Å². The Hall–Kier alpha value is -3.46. The largest absolute Gasteiger partial charge is 0.539 e. The first-order valence-electron chi connectivity index (χ1n) is 7.93. The maximum absolute atomic E-state index is 13.1. The van der Waals surface area contributed by atoms with Crippen LogP contribution in [0.4, 0.5) is 5.69 Å². The molecule has 3 aromatic heterocycles. The lowest BCUT2D eigenvalue weighted by Crippen LogP contribution is -2.39. The summed E-state index contributed by atoms with van der Waals surface area (Å²) in [6, 6.07) is 10.3. The second-order valence-corrected chi connectivity index (χ2v) is 6.80. The Morgan fingerprint density at radius 2 is 2.00 bits per heavy atom. The van der Waals surface area contributed by atoms with Crippen LogP contribution >= 0.6 is 11.3 Å². The van der Waals surface area contributed by atoms with E-state index in [4.69, 9.17) is 15.0 Å². The third-order valence-corrected chi connectivity index (χ3v) is 5.20. The zero-order valence-electron chi connectivity index (χ0n) is 14.4. The number of methoxy groups -OCH3 is 1. The Bertz CT molecular complexity index is 1160. The van der Waals surface area contributed by atoms with Gasteiger partial charge in [-0.15, -0.1) is 11.3 Å². The Kier molecular flexibility index (Phi) is 4.00. The number of carbonyl (C=O) groups is 1. The molecular weight excluding hydrogens is 368 g/mol. The summed E-state index contributed by atoms with van der Waals surface area (Å²) < 4.78 is 11.0. The van der Waals surface area contributed by atoms with E-state index in [0.717, 1.165) is 21.7 Å². The molecule has 0 aliphatic heterocycles. The molecule has 8 nitrogen and oxygen atoms in total. The number of pyridine rings is 1. The molecule has 0 fully saturated rings. The third-order valence-electron chi connectivity index (χ3n) is 4.08. The van der Waals surface area contributed by atoms with Crippen LogP contribution < -0.4 is 20.3 Å². The third kappa shape index (κ3) is 2.77. The molecule has 136 valence electrons. The van der Waals surface area contributed by atoms with Crippen molar-refractivity contribution in [3.8, 4) is 17.4 Å². The molecule has 1 aromatic carbocycles. The fourth-order valence-electron chi connectivity index (χ4n) is 2.70. The van der Waals surface area contributed by atoms with Gasteiger partial charge in [0.1, 0.15) is 15.5 Å². The second-order valence-electron chi connectivity index (χ2n) is 5.80. The summed E-state index contributed by atoms with van der Waals surface area (Å²) in [5.41, 5.74) is 7.50. The highest BCUT2D eigenvalue weighted by Crippen LogP contribution is 2.34. The normalized spacial score (nSPS) is 11.0. The van der Waals surface area contributed by atoms with E-state index < -0.39 is 11.7 Å². The predicted molar refractivity (Wildman–Crippen MR) is 96.2 cm³/mol. The van der Waals surface area contributed by atoms with E-state index in [0.29, 0.717) is 21.7 Å². The van der Waals surface area contributed by atoms with Gasteiger partial charge in [0.15, 0.2) is 5.95 Å². The number of hydrogen-bond acceptors (Lipinski definition) is 8. The van der Waals surface area contributed by atoms with Gasteiger partial charge in [-0.3, -0.25) is 4.79 Å². The maximum Gasteiger partial charge on any atom is 0.312 e. The summed E-state index contributed by atoms with van der Waals surface area (Å²) in [4.78, 5) is 18.3. The van der Waals surface area contributed by atoms with Crippen LogP contribution in [-0.2, 0) is 0 Å². The Morgan fingerprint density at radius 1 is 1.26 bits per heavy atom. The molecule has 0 saturated heterocycles. The molecule has 0 amide bonds. The molecule has 0 atom stereocenters. The minimum Gasteiger partial charge on any atom is -0.539 e. The highest BCUT2D eigenvalue weighted by atomic mass is 32.1. The number of nitrogens with two attached hydrogens (primary N) is 1. The van der Waals surface area contributed by atoms with Crippen LogP contribution in [0.1, 0.15) is 21.1 Å². The van der Waals surface area contributed by atoms with Gasteiger partial charge >= 0.3 is 5.69 Å². The topological polar surface area (TPSA) is 118 Å². The lowest BCUT2D eigenvalue weighted by Gasteiger charge is -1.99. The number of rotatable bonds is 4. The number of benzene rings is 1. The van der Waals surface area contributed by atoms with Crippen LogP contribution in [0.15, 0.2) is 40.9 Å². The van der Waals surface area contributed by atoms with Crippen LogP contribution in [0.5, 0.6) is 11.7 Å². The van der Waals surface area contributed by atoms with Crippen molar-refractivity contribution >= 4 is 33.0 Å². The van der Waals surface area contributed by atoms with E-state index in [1.165, 1.54) is 0 Å². The van der Waals surface area contributed by atoms with Gasteiger partial charge in [0.25, 0.3) is 5.78 Å². The number of anilines is 1. The van der Waals surface area contributed by atoms with E-state index in [9.17, 15) is 9.90 Å². The summed E-state index contributed by atoms with van der Waals surface area (Å²) in [7, 11) is 1.54. The number of carbonyl (C=O) groups excluding carboxylic acids is 1. The van der Waals surface area contributed by atoms with Gasteiger partial charge in [-0.25, -0.2) is 4.98 Å². The fourth-order valence-corrected chi connectivity index (χ4v) is 3.78. The second kappa shape index (κ2) is 6.36. The Balaban J connectivity index is 1.83. The van der Waals surface area contributed by atoms with Gasteiger partial charge in [-0.2, -0.15) is 0 Å². The van der Waals surface area contributed by atoms with Crippen LogP contribution in [0.2, 0.25) is 0 Å². The molecule has 0 unspecified atom stereocenters. The summed E-state index contributed by atoms with van der Waals surface area (Å²) in [6.45, 7) is 1.85. The van der Waals surface area contributed by atoms with E-state index >= 15 is 0 Å². The zero-order chi connectivity index (χ0) is 19.1. The van der Waals surface area contributed by atoms with E-state index in [1.54, 1.807) is 31.4 Å². The Morgan fingerprint density at radius 3 is 2.70 bits per heavy atom. The molecular formula is C18H14N4O4S. The number of fused-ring (bicyclic) bond motifs is 1. The molecule has 0 radical (unpaired) electrons. The summed E-state index contributed by atoms with van der Waals surface area (Å²) in [6.07, 6.45) is 0. The molecule has 4 aromatic rings. The number of aryl methyl sites for hydroxylation is 1. The summed E-state index contributed by atoms with van der Waals surface area (Å²) in [5.74, 6) is -0.764. The van der Waals surface area contributed by atoms with E-state index in [-0.39, 0.29) is 16.3 Å². The standard InChI is InChI=1S/C18H14N4O4S/c1-9-3-8-12-13(19)16(27-17(12)20-9)15(23)14-18(24)26-21-22(14)10-4-6-11(25-2)7-5-10/h3-8H,1-2H3,(H2-,19,21,23,24). The van der Waals surface area contributed by atoms with Crippen LogP contribution in [0, 0.1) is 6.92 Å². The quantitative estimate of drug-likeness (QED) is 0.422. The minimum atomic E-state index is -0.836. The van der Waals surface area contributed by atoms with Crippen LogP contribution in [-0.4, -0.2) is 23.1 Å². The average Bonchev–Trinajstić information content (AvgIpc) is 3.21. The highest BCUT2D eigenvalue weighted by molar-refractivity contribution is 7.21. The van der Waals surface area contributed by atoms with Crippen LogP contribution in [0.3, 0.4) is 0 Å². The molecule has 27 heavy (non-hydrogen) atoms. The van der Waals surface area contributed by atoms with Crippen molar-refractivity contribution < 1.29 is 23.8 Å². The van der Waals surface area contributed by atoms with Crippen molar-refractivity contribution in [3.63, 3.8) is 0 Å². The zero-order valence-corrected chi connectivity index (χ0v) is 15.2. The first-order chi connectivity index (χ1) is 13.0. The number of nitrogens with zero attached hydrogens (tertiary/aromatic N) is 3. The number of aromatic nitrogens is 3. The first-order valence-corrected chi connectivity index (χ1v) is 8.75. The van der Waals surface area contributed by atoms with Gasteiger partial charge < -0.3 is 20.1 Å². The van der Waals surface area contributed by atoms with Crippen molar-refractivity contribution in [2.75, 3.05) is 12.8 Å². The average molecular weight is 382 g/mol. The molecule has 9 heteroatoms. The SMILES string of the molecule is COc1ccc(-[n+]2noc([O-])c2C(=O)c2sc3nc(C)ccc3c2N)cc1. The molecule has 0 saturated carbocycles. The number of thiophene rings is 1. The number of ketones is 1. The Labute approximate surface area is 157 Å². The van der Waals surface area contributed by atoms with Crippen molar-refractivity contribution in [1.29, 1.82) is 0 Å². The van der Waals surface area contributed by atoms with Gasteiger partial charge in [-0.1, -0.05) is 0 Å². The van der Waals surface area contributed by atoms with E-state index in [2.05, 4.69) is 10.3 Å². The van der Waals surface area contributed by atoms with Crippen molar-refractivity contribution in [1.82, 2.24) is 10.3 Å². The number of nitrogen functional groups attached to an aromatic ring is 1. The molecule has 0 aliphatic rings. The summed E-state index contributed by atoms with van der Waals surface area (Å²) >= 11 is 1.14. The maximum atomic E-state index is 13.1. The lowest BCUT2D eigenvalue weighted by atomic mass is 10.2. The molecule has 3 heterocycles.